The van der Waals surface area contributed by atoms with E-state index in [0.29, 0.717) is 18.8 Å². The molecule has 0 spiro atoms. The van der Waals surface area contributed by atoms with Gasteiger partial charge >= 0.3 is 0 Å². The van der Waals surface area contributed by atoms with Crippen LogP contribution in [0.3, 0.4) is 0 Å². The van der Waals surface area contributed by atoms with Crippen molar-refractivity contribution < 1.29 is 9.31 Å². The largest absolute Gasteiger partial charge is 0.338 e. The fourth-order valence-electron chi connectivity index (χ4n) is 2.54. The van der Waals surface area contributed by atoms with Crippen molar-refractivity contribution in [3.8, 4) is 0 Å². The van der Waals surface area contributed by atoms with Crippen LogP contribution in [0.1, 0.15) is 5.56 Å². The summed E-state index contributed by atoms with van der Waals surface area (Å²) in [6, 6.07) is 11.5. The zero-order valence-electron chi connectivity index (χ0n) is 11.3. The first kappa shape index (κ1) is 13.5. The molecule has 108 valence electrons. The van der Waals surface area contributed by atoms with Crippen LogP contribution in [-0.2, 0) is 6.54 Å². The number of non-ortho nitro benzene ring substituents is 1. The van der Waals surface area contributed by atoms with Gasteiger partial charge in [0.15, 0.2) is 5.82 Å². The van der Waals surface area contributed by atoms with Gasteiger partial charge < -0.3 is 10.2 Å². The summed E-state index contributed by atoms with van der Waals surface area (Å²) in [5.41, 5.74) is 2.12. The maximum absolute atomic E-state index is 14.3. The number of nitro groups is 1. The highest BCUT2D eigenvalue weighted by atomic mass is 19.1. The average Bonchev–Trinajstić information content (AvgIpc) is 2.69. The Labute approximate surface area is 121 Å². The Balaban J connectivity index is 2.06. The maximum atomic E-state index is 14.3. The number of nitro benzene ring substituents is 1. The van der Waals surface area contributed by atoms with Crippen molar-refractivity contribution in [3.63, 3.8) is 0 Å². The molecule has 1 heterocycles. The SMILES string of the molecule is O=[N+]([O-])c1ccc(N2CCNCc3ccccc32)c(F)c1. The second-order valence-corrected chi connectivity index (χ2v) is 4.85. The molecule has 21 heavy (non-hydrogen) atoms. The molecule has 3 rings (SSSR count). The van der Waals surface area contributed by atoms with Crippen LogP contribution < -0.4 is 10.2 Å². The van der Waals surface area contributed by atoms with Crippen molar-refractivity contribution in [2.75, 3.05) is 18.0 Å². The lowest BCUT2D eigenvalue weighted by molar-refractivity contribution is -0.385. The number of halogens is 1. The molecule has 0 amide bonds. The van der Waals surface area contributed by atoms with E-state index < -0.39 is 10.7 Å². The fourth-order valence-corrected chi connectivity index (χ4v) is 2.54. The molecule has 0 unspecified atom stereocenters. The van der Waals surface area contributed by atoms with E-state index in [9.17, 15) is 14.5 Å². The van der Waals surface area contributed by atoms with Crippen LogP contribution in [0.4, 0.5) is 21.5 Å². The van der Waals surface area contributed by atoms with Crippen molar-refractivity contribution >= 4 is 17.1 Å². The molecule has 0 radical (unpaired) electrons. The van der Waals surface area contributed by atoms with E-state index in [1.807, 2.05) is 29.2 Å². The Kier molecular flexibility index (Phi) is 3.53. The third kappa shape index (κ3) is 2.57. The number of fused-ring (bicyclic) bond motifs is 1. The Morgan fingerprint density at radius 3 is 2.76 bits per heavy atom. The Bertz CT molecular complexity index is 690. The predicted octanol–water partition coefficient (Wildman–Crippen LogP) is 2.98. The number of anilines is 2. The molecule has 5 nitrogen and oxygen atoms in total. The van der Waals surface area contributed by atoms with E-state index >= 15 is 0 Å². The topological polar surface area (TPSA) is 58.4 Å². The lowest BCUT2D eigenvalue weighted by Gasteiger charge is -2.25. The van der Waals surface area contributed by atoms with Gasteiger partial charge in [0.1, 0.15) is 0 Å². The van der Waals surface area contributed by atoms with E-state index in [2.05, 4.69) is 5.32 Å². The monoisotopic (exact) mass is 287 g/mol. The molecule has 0 fully saturated rings. The Morgan fingerprint density at radius 2 is 2.00 bits per heavy atom. The van der Waals surface area contributed by atoms with Crippen molar-refractivity contribution in [1.82, 2.24) is 5.32 Å². The molecule has 0 aliphatic carbocycles. The van der Waals surface area contributed by atoms with Crippen LogP contribution in [0.25, 0.3) is 0 Å². The van der Waals surface area contributed by atoms with Crippen LogP contribution >= 0.6 is 0 Å². The van der Waals surface area contributed by atoms with Crippen molar-refractivity contribution in [3.05, 3.63) is 64.0 Å². The second kappa shape index (κ2) is 5.49. The number of hydrogen-bond acceptors (Lipinski definition) is 4. The lowest BCUT2D eigenvalue weighted by Crippen LogP contribution is -2.25. The zero-order chi connectivity index (χ0) is 14.8. The van der Waals surface area contributed by atoms with Crippen LogP contribution in [0.2, 0.25) is 0 Å². The van der Waals surface area contributed by atoms with Crippen molar-refractivity contribution in [2.24, 2.45) is 0 Å². The molecule has 0 atom stereocenters. The van der Waals surface area contributed by atoms with Crippen LogP contribution in [-0.4, -0.2) is 18.0 Å². The zero-order valence-corrected chi connectivity index (χ0v) is 11.3. The van der Waals surface area contributed by atoms with Gasteiger partial charge in [0.05, 0.1) is 16.7 Å². The first-order valence-corrected chi connectivity index (χ1v) is 6.67. The molecular formula is C15H14FN3O2. The fraction of sp³-hybridized carbons (Fsp3) is 0.200. The quantitative estimate of drug-likeness (QED) is 0.681. The van der Waals surface area contributed by atoms with Gasteiger partial charge in [-0.25, -0.2) is 4.39 Å². The normalized spacial score (nSPS) is 14.4. The van der Waals surface area contributed by atoms with Crippen LogP contribution in [0, 0.1) is 15.9 Å². The molecule has 1 aliphatic heterocycles. The molecule has 0 aromatic heterocycles. The highest BCUT2D eigenvalue weighted by Crippen LogP contribution is 2.32. The standard InChI is InChI=1S/C15H14FN3O2/c16-13-9-12(19(20)21)5-6-15(13)18-8-7-17-10-11-3-1-2-4-14(11)18/h1-6,9,17H,7-8,10H2. The third-order valence-corrected chi connectivity index (χ3v) is 3.54. The second-order valence-electron chi connectivity index (χ2n) is 4.85. The van der Waals surface area contributed by atoms with E-state index in [1.165, 1.54) is 12.1 Å². The Morgan fingerprint density at radius 1 is 1.19 bits per heavy atom. The molecule has 1 aliphatic rings. The summed E-state index contributed by atoms with van der Waals surface area (Å²) in [5.74, 6) is -0.582. The van der Waals surface area contributed by atoms with Gasteiger partial charge in [-0.3, -0.25) is 10.1 Å². The molecular weight excluding hydrogens is 273 g/mol. The number of benzene rings is 2. The molecule has 0 bridgehead atoms. The summed E-state index contributed by atoms with van der Waals surface area (Å²) in [5, 5.41) is 14.0. The van der Waals surface area contributed by atoms with Gasteiger partial charge in [0.2, 0.25) is 0 Å². The van der Waals surface area contributed by atoms with Crippen molar-refractivity contribution in [1.29, 1.82) is 0 Å². The Hall–Kier alpha value is -2.47. The summed E-state index contributed by atoms with van der Waals surface area (Å²) >= 11 is 0. The smallest absolute Gasteiger partial charge is 0.272 e. The lowest BCUT2D eigenvalue weighted by atomic mass is 10.1. The average molecular weight is 287 g/mol. The number of hydrogen-bond donors (Lipinski definition) is 1. The molecule has 2 aromatic carbocycles. The van der Waals surface area contributed by atoms with E-state index in [-0.39, 0.29) is 5.69 Å². The van der Waals surface area contributed by atoms with Gasteiger partial charge in [-0.15, -0.1) is 0 Å². The van der Waals surface area contributed by atoms with Gasteiger partial charge in [0, 0.05) is 31.4 Å². The van der Waals surface area contributed by atoms with Gasteiger partial charge in [0.25, 0.3) is 5.69 Å². The summed E-state index contributed by atoms with van der Waals surface area (Å²) in [4.78, 5) is 12.0. The maximum Gasteiger partial charge on any atom is 0.272 e. The van der Waals surface area contributed by atoms with Gasteiger partial charge in [-0.05, 0) is 17.7 Å². The van der Waals surface area contributed by atoms with Crippen LogP contribution in [0.15, 0.2) is 42.5 Å². The summed E-state index contributed by atoms with van der Waals surface area (Å²) < 4.78 is 14.3. The van der Waals surface area contributed by atoms with Crippen molar-refractivity contribution in [2.45, 2.75) is 6.54 Å². The number of nitrogens with one attached hydrogen (secondary N) is 1. The minimum absolute atomic E-state index is 0.238. The highest BCUT2D eigenvalue weighted by Gasteiger charge is 2.20. The summed E-state index contributed by atoms with van der Waals surface area (Å²) in [7, 11) is 0. The number of nitrogens with zero attached hydrogens (tertiary/aromatic N) is 2. The van der Waals surface area contributed by atoms with Gasteiger partial charge in [-0.2, -0.15) is 0 Å². The first-order valence-electron chi connectivity index (χ1n) is 6.67. The highest BCUT2D eigenvalue weighted by molar-refractivity contribution is 5.68. The molecule has 0 saturated carbocycles. The van der Waals surface area contributed by atoms with Crippen LogP contribution in [0.5, 0.6) is 0 Å². The molecule has 2 aromatic rings. The predicted molar refractivity (Wildman–Crippen MR) is 78.2 cm³/mol. The summed E-state index contributed by atoms with van der Waals surface area (Å²) in [6.07, 6.45) is 0. The third-order valence-electron chi connectivity index (χ3n) is 3.54. The minimum atomic E-state index is -0.592. The van der Waals surface area contributed by atoms with Gasteiger partial charge in [-0.1, -0.05) is 18.2 Å². The molecule has 1 N–H and O–H groups in total. The first-order chi connectivity index (χ1) is 10.2. The number of para-hydroxylation sites is 1. The van der Waals surface area contributed by atoms with E-state index in [1.54, 1.807) is 0 Å². The molecule has 0 saturated heterocycles. The van der Waals surface area contributed by atoms with E-state index in [4.69, 9.17) is 0 Å². The summed E-state index contributed by atoms with van der Waals surface area (Å²) in [6.45, 7) is 2.04. The molecule has 6 heteroatoms. The van der Waals surface area contributed by atoms with E-state index in [0.717, 1.165) is 23.9 Å². The minimum Gasteiger partial charge on any atom is -0.338 e. The number of rotatable bonds is 2.